The highest BCUT2D eigenvalue weighted by Gasteiger charge is 2.18. The summed E-state index contributed by atoms with van der Waals surface area (Å²) < 4.78 is 0. The largest absolute Gasteiger partial charge is 0.508 e. The van der Waals surface area contributed by atoms with Crippen molar-refractivity contribution in [2.45, 2.75) is 38.0 Å². The molecule has 98 valence electrons. The van der Waals surface area contributed by atoms with Crippen molar-refractivity contribution < 1.29 is 5.11 Å². The van der Waals surface area contributed by atoms with Crippen LogP contribution >= 0.6 is 0 Å². The molecule has 0 aromatic heterocycles. The third-order valence-electron chi connectivity index (χ3n) is 4.18. The summed E-state index contributed by atoms with van der Waals surface area (Å²) in [7, 11) is 0. The fourth-order valence-corrected chi connectivity index (χ4v) is 3.11. The minimum absolute atomic E-state index is 0.466. The molecule has 0 heterocycles. The Morgan fingerprint density at radius 3 is 2.21 bits per heavy atom. The van der Waals surface area contributed by atoms with Crippen LogP contribution in [-0.4, -0.2) is 5.11 Å². The summed E-state index contributed by atoms with van der Waals surface area (Å²) in [6, 6.07) is 16.4. The van der Waals surface area contributed by atoms with Crippen molar-refractivity contribution in [2.75, 3.05) is 0 Å². The summed E-state index contributed by atoms with van der Waals surface area (Å²) >= 11 is 0. The number of aromatic hydroxyl groups is 1. The van der Waals surface area contributed by atoms with Crippen LogP contribution in [0.15, 0.2) is 48.5 Å². The Morgan fingerprint density at radius 1 is 0.789 bits per heavy atom. The van der Waals surface area contributed by atoms with Crippen LogP contribution in [-0.2, 0) is 0 Å². The van der Waals surface area contributed by atoms with Crippen molar-refractivity contribution in [1.29, 1.82) is 0 Å². The van der Waals surface area contributed by atoms with E-state index in [0.717, 1.165) is 16.7 Å². The molecular formula is C18H20O. The maximum Gasteiger partial charge on any atom is 0.119 e. The molecule has 1 aliphatic rings. The fourth-order valence-electron chi connectivity index (χ4n) is 3.11. The van der Waals surface area contributed by atoms with Gasteiger partial charge in [-0.25, -0.2) is 0 Å². The molecule has 3 rings (SSSR count). The second-order valence-electron chi connectivity index (χ2n) is 5.47. The first kappa shape index (κ1) is 12.3. The molecule has 0 radical (unpaired) electrons. The van der Waals surface area contributed by atoms with Gasteiger partial charge in [-0.15, -0.1) is 0 Å². The Kier molecular flexibility index (Phi) is 3.54. The molecule has 0 atom stereocenters. The van der Waals surface area contributed by atoms with Gasteiger partial charge in [0.25, 0.3) is 0 Å². The predicted octanol–water partition coefficient (Wildman–Crippen LogP) is 5.11. The Hall–Kier alpha value is -1.76. The van der Waals surface area contributed by atoms with Gasteiger partial charge in [0, 0.05) is 0 Å². The van der Waals surface area contributed by atoms with Crippen molar-refractivity contribution in [3.8, 4) is 16.9 Å². The summed E-state index contributed by atoms with van der Waals surface area (Å²) in [5, 5.41) is 10.3. The zero-order valence-corrected chi connectivity index (χ0v) is 11.2. The molecule has 19 heavy (non-hydrogen) atoms. The molecule has 0 saturated heterocycles. The van der Waals surface area contributed by atoms with E-state index in [1.165, 1.54) is 32.1 Å². The molecule has 2 aromatic rings. The number of rotatable bonds is 2. The van der Waals surface area contributed by atoms with Crippen LogP contribution in [0.25, 0.3) is 11.1 Å². The maximum absolute atomic E-state index is 10.3. The molecule has 0 spiro atoms. The van der Waals surface area contributed by atoms with Crippen LogP contribution in [0, 0.1) is 0 Å². The standard InChI is InChI=1S/C18H20O/c19-18-13-16(14-7-3-1-4-8-14)11-12-17(18)15-9-5-2-6-10-15/h1,3-4,7-8,11-13,15,19H,2,5-6,9-10H2. The van der Waals surface area contributed by atoms with Crippen LogP contribution in [0.1, 0.15) is 43.6 Å². The van der Waals surface area contributed by atoms with E-state index < -0.39 is 0 Å². The number of hydrogen-bond donors (Lipinski definition) is 1. The van der Waals surface area contributed by atoms with E-state index in [4.69, 9.17) is 0 Å². The zero-order chi connectivity index (χ0) is 13.1. The third-order valence-corrected chi connectivity index (χ3v) is 4.18. The van der Waals surface area contributed by atoms with Gasteiger partial charge in [-0.05, 0) is 41.5 Å². The highest BCUT2D eigenvalue weighted by molar-refractivity contribution is 5.66. The molecule has 1 aliphatic carbocycles. The smallest absolute Gasteiger partial charge is 0.119 e. The van der Waals surface area contributed by atoms with Crippen LogP contribution < -0.4 is 0 Å². The summed E-state index contributed by atoms with van der Waals surface area (Å²) in [5.74, 6) is 1.02. The molecule has 1 nitrogen and oxygen atoms in total. The van der Waals surface area contributed by atoms with Crippen molar-refractivity contribution in [2.24, 2.45) is 0 Å². The average molecular weight is 252 g/mol. The molecule has 0 aliphatic heterocycles. The molecule has 0 unspecified atom stereocenters. The Morgan fingerprint density at radius 2 is 1.53 bits per heavy atom. The summed E-state index contributed by atoms with van der Waals surface area (Å²) in [5.41, 5.74) is 3.39. The first-order chi connectivity index (χ1) is 9.34. The van der Waals surface area contributed by atoms with Crippen LogP contribution in [0.4, 0.5) is 0 Å². The Bertz CT molecular complexity index is 539. The Balaban J connectivity index is 1.89. The van der Waals surface area contributed by atoms with E-state index in [-0.39, 0.29) is 0 Å². The lowest BCUT2D eigenvalue weighted by Gasteiger charge is -2.23. The number of phenolic OH excluding ortho intramolecular Hbond substituents is 1. The molecule has 1 saturated carbocycles. The third kappa shape index (κ3) is 2.65. The zero-order valence-electron chi connectivity index (χ0n) is 11.2. The summed E-state index contributed by atoms with van der Waals surface area (Å²) in [6.45, 7) is 0. The van der Waals surface area contributed by atoms with Crippen molar-refractivity contribution in [3.63, 3.8) is 0 Å². The highest BCUT2D eigenvalue weighted by atomic mass is 16.3. The SMILES string of the molecule is Oc1cc(-c2ccccc2)ccc1C1CCCCC1. The normalized spacial score (nSPS) is 16.4. The van der Waals surface area contributed by atoms with E-state index >= 15 is 0 Å². The molecule has 0 bridgehead atoms. The van der Waals surface area contributed by atoms with Crippen molar-refractivity contribution in [1.82, 2.24) is 0 Å². The Labute approximate surface area is 114 Å². The van der Waals surface area contributed by atoms with E-state index in [9.17, 15) is 5.11 Å². The van der Waals surface area contributed by atoms with Gasteiger partial charge in [0.05, 0.1) is 0 Å². The number of benzene rings is 2. The van der Waals surface area contributed by atoms with Crippen molar-refractivity contribution >= 4 is 0 Å². The predicted molar refractivity (Wildman–Crippen MR) is 79.4 cm³/mol. The minimum Gasteiger partial charge on any atom is -0.508 e. The van der Waals surface area contributed by atoms with Crippen LogP contribution in [0.5, 0.6) is 5.75 Å². The minimum atomic E-state index is 0.466. The molecule has 1 heteroatoms. The van der Waals surface area contributed by atoms with Gasteiger partial charge in [-0.3, -0.25) is 0 Å². The topological polar surface area (TPSA) is 20.2 Å². The number of hydrogen-bond acceptors (Lipinski definition) is 1. The van der Waals surface area contributed by atoms with Gasteiger partial charge in [-0.1, -0.05) is 61.7 Å². The van der Waals surface area contributed by atoms with Gasteiger partial charge in [0.15, 0.2) is 0 Å². The average Bonchev–Trinajstić information content (AvgIpc) is 2.49. The van der Waals surface area contributed by atoms with Crippen molar-refractivity contribution in [3.05, 3.63) is 54.1 Å². The molecule has 2 aromatic carbocycles. The van der Waals surface area contributed by atoms with Crippen LogP contribution in [0.3, 0.4) is 0 Å². The van der Waals surface area contributed by atoms with Crippen LogP contribution in [0.2, 0.25) is 0 Å². The quantitative estimate of drug-likeness (QED) is 0.787. The monoisotopic (exact) mass is 252 g/mol. The van der Waals surface area contributed by atoms with E-state index in [0.29, 0.717) is 11.7 Å². The summed E-state index contributed by atoms with van der Waals surface area (Å²) in [6.07, 6.45) is 6.38. The second kappa shape index (κ2) is 5.48. The van der Waals surface area contributed by atoms with E-state index in [2.05, 4.69) is 24.3 Å². The molecule has 1 N–H and O–H groups in total. The second-order valence-corrected chi connectivity index (χ2v) is 5.47. The summed E-state index contributed by atoms with van der Waals surface area (Å²) in [4.78, 5) is 0. The first-order valence-corrected chi connectivity index (χ1v) is 7.23. The van der Waals surface area contributed by atoms with Gasteiger partial charge < -0.3 is 5.11 Å². The first-order valence-electron chi connectivity index (χ1n) is 7.23. The van der Waals surface area contributed by atoms with Gasteiger partial charge in [0.1, 0.15) is 5.75 Å². The fraction of sp³-hybridized carbons (Fsp3) is 0.333. The van der Waals surface area contributed by atoms with Gasteiger partial charge in [-0.2, -0.15) is 0 Å². The van der Waals surface area contributed by atoms with E-state index in [1.807, 2.05) is 24.3 Å². The maximum atomic E-state index is 10.3. The lowest BCUT2D eigenvalue weighted by molar-refractivity contribution is 0.414. The molecule has 1 fully saturated rings. The number of phenols is 1. The lowest BCUT2D eigenvalue weighted by atomic mass is 9.83. The molecular weight excluding hydrogens is 232 g/mol. The lowest BCUT2D eigenvalue weighted by Crippen LogP contribution is -2.04. The highest BCUT2D eigenvalue weighted by Crippen LogP contribution is 2.38. The van der Waals surface area contributed by atoms with Gasteiger partial charge >= 0.3 is 0 Å². The van der Waals surface area contributed by atoms with E-state index in [1.54, 1.807) is 0 Å². The van der Waals surface area contributed by atoms with Gasteiger partial charge in [0.2, 0.25) is 0 Å². The molecule has 0 amide bonds.